The number of hydrogen-bond donors (Lipinski definition) is 1. The predicted octanol–water partition coefficient (Wildman–Crippen LogP) is 3.41. The number of halogens is 2. The van der Waals surface area contributed by atoms with E-state index >= 15 is 0 Å². The van der Waals surface area contributed by atoms with E-state index in [2.05, 4.69) is 40.0 Å². The molecule has 0 spiro atoms. The Morgan fingerprint density at radius 3 is 2.84 bits per heavy atom. The molecule has 0 bridgehead atoms. The molecule has 0 radical (unpaired) electrons. The molecule has 0 aliphatic carbocycles. The topological polar surface area (TPSA) is 15.3 Å². The predicted molar refractivity (Wildman–Crippen MR) is 80.6 cm³/mol. The van der Waals surface area contributed by atoms with Gasteiger partial charge in [-0.05, 0) is 63.0 Å². The Morgan fingerprint density at radius 1 is 1.42 bits per heavy atom. The highest BCUT2D eigenvalue weighted by Gasteiger charge is 2.23. The van der Waals surface area contributed by atoms with Crippen LogP contribution in [0.5, 0.6) is 0 Å². The van der Waals surface area contributed by atoms with Crippen LogP contribution >= 0.6 is 15.9 Å². The first kappa shape index (κ1) is 14.9. The molecule has 1 aromatic carbocycles. The Kier molecular flexibility index (Phi) is 5.37. The van der Waals surface area contributed by atoms with Crippen molar-refractivity contribution in [2.24, 2.45) is 5.92 Å². The van der Waals surface area contributed by atoms with Crippen LogP contribution in [-0.4, -0.2) is 30.6 Å². The molecule has 1 heterocycles. The van der Waals surface area contributed by atoms with E-state index in [4.69, 9.17) is 0 Å². The highest BCUT2D eigenvalue weighted by molar-refractivity contribution is 9.10. The summed E-state index contributed by atoms with van der Waals surface area (Å²) in [6.07, 6.45) is 1.26. The molecule has 1 aliphatic rings. The van der Waals surface area contributed by atoms with Gasteiger partial charge in [-0.25, -0.2) is 4.39 Å². The van der Waals surface area contributed by atoms with E-state index in [0.717, 1.165) is 29.0 Å². The molecule has 1 N–H and O–H groups in total. The summed E-state index contributed by atoms with van der Waals surface area (Å²) < 4.78 is 14.0. The lowest BCUT2D eigenvalue weighted by molar-refractivity contribution is 0.264. The van der Waals surface area contributed by atoms with Crippen molar-refractivity contribution in [3.8, 4) is 0 Å². The molecule has 1 atom stereocenters. The van der Waals surface area contributed by atoms with Crippen molar-refractivity contribution in [2.45, 2.75) is 32.9 Å². The molecule has 2 nitrogen and oxygen atoms in total. The third kappa shape index (κ3) is 4.55. The highest BCUT2D eigenvalue weighted by atomic mass is 79.9. The van der Waals surface area contributed by atoms with Gasteiger partial charge in [-0.15, -0.1) is 0 Å². The lowest BCUT2D eigenvalue weighted by atomic mass is 10.1. The molecule has 106 valence electrons. The molecule has 1 aromatic rings. The Morgan fingerprint density at radius 2 is 2.21 bits per heavy atom. The van der Waals surface area contributed by atoms with Crippen molar-refractivity contribution in [3.05, 3.63) is 34.1 Å². The van der Waals surface area contributed by atoms with E-state index in [9.17, 15) is 4.39 Å². The second kappa shape index (κ2) is 6.82. The zero-order chi connectivity index (χ0) is 13.8. The van der Waals surface area contributed by atoms with E-state index in [0.29, 0.717) is 6.04 Å². The molecule has 19 heavy (non-hydrogen) atoms. The molecular formula is C15H22BrFN2. The summed E-state index contributed by atoms with van der Waals surface area (Å²) >= 11 is 3.32. The summed E-state index contributed by atoms with van der Waals surface area (Å²) in [4.78, 5) is 2.52. The average molecular weight is 329 g/mol. The van der Waals surface area contributed by atoms with Gasteiger partial charge in [0.05, 0.1) is 0 Å². The van der Waals surface area contributed by atoms with Gasteiger partial charge in [0, 0.05) is 23.6 Å². The van der Waals surface area contributed by atoms with Crippen LogP contribution in [0.15, 0.2) is 22.7 Å². The third-order valence-electron chi connectivity index (χ3n) is 3.73. The van der Waals surface area contributed by atoms with Crippen molar-refractivity contribution >= 4 is 15.9 Å². The van der Waals surface area contributed by atoms with E-state index < -0.39 is 0 Å². The smallest absolute Gasteiger partial charge is 0.124 e. The van der Waals surface area contributed by atoms with E-state index in [1.165, 1.54) is 25.6 Å². The summed E-state index contributed by atoms with van der Waals surface area (Å²) in [5.74, 6) is 0.539. The van der Waals surface area contributed by atoms with Gasteiger partial charge in [0.15, 0.2) is 0 Å². The quantitative estimate of drug-likeness (QED) is 0.891. The summed E-state index contributed by atoms with van der Waals surface area (Å²) in [6.45, 7) is 8.62. The Hall–Kier alpha value is -0.450. The summed E-state index contributed by atoms with van der Waals surface area (Å²) in [5.41, 5.74) is 0.991. The van der Waals surface area contributed by atoms with Gasteiger partial charge >= 0.3 is 0 Å². The van der Waals surface area contributed by atoms with Crippen LogP contribution in [-0.2, 0) is 6.54 Å². The molecule has 1 aliphatic heterocycles. The van der Waals surface area contributed by atoms with Gasteiger partial charge in [-0.3, -0.25) is 0 Å². The van der Waals surface area contributed by atoms with Crippen LogP contribution in [0, 0.1) is 11.7 Å². The normalized spacial score (nSPS) is 20.4. The summed E-state index contributed by atoms with van der Waals surface area (Å²) in [7, 11) is 0. The highest BCUT2D eigenvalue weighted by Crippen LogP contribution is 2.18. The maximum Gasteiger partial charge on any atom is 0.124 e. The molecule has 0 amide bonds. The van der Waals surface area contributed by atoms with Crippen LogP contribution in [0.2, 0.25) is 0 Å². The molecule has 0 saturated carbocycles. The molecular weight excluding hydrogens is 307 g/mol. The fourth-order valence-corrected chi connectivity index (χ4v) is 3.14. The number of rotatable bonds is 5. The lowest BCUT2D eigenvalue weighted by Crippen LogP contribution is -2.30. The Bertz CT molecular complexity index is 402. The monoisotopic (exact) mass is 328 g/mol. The third-order valence-corrected chi connectivity index (χ3v) is 4.19. The SMILES string of the molecule is CC(C)N1CCC(CNCc2cc(F)cc(Br)c2)C1. The number of likely N-dealkylation sites (tertiary alicyclic amines) is 1. The van der Waals surface area contributed by atoms with E-state index in [-0.39, 0.29) is 5.82 Å². The minimum absolute atomic E-state index is 0.182. The average Bonchev–Trinajstić information content (AvgIpc) is 2.76. The van der Waals surface area contributed by atoms with E-state index in [1.807, 2.05) is 6.07 Å². The van der Waals surface area contributed by atoms with Gasteiger partial charge in [-0.1, -0.05) is 15.9 Å². The maximum absolute atomic E-state index is 13.2. The van der Waals surface area contributed by atoms with Crippen LogP contribution in [0.1, 0.15) is 25.8 Å². The van der Waals surface area contributed by atoms with Crippen molar-refractivity contribution in [3.63, 3.8) is 0 Å². The molecule has 1 saturated heterocycles. The van der Waals surface area contributed by atoms with E-state index in [1.54, 1.807) is 6.07 Å². The van der Waals surface area contributed by atoms with Crippen molar-refractivity contribution in [2.75, 3.05) is 19.6 Å². The minimum Gasteiger partial charge on any atom is -0.312 e. The zero-order valence-corrected chi connectivity index (χ0v) is 13.2. The molecule has 1 unspecified atom stereocenters. The zero-order valence-electron chi connectivity index (χ0n) is 11.6. The minimum atomic E-state index is -0.182. The first-order valence-electron chi connectivity index (χ1n) is 6.94. The van der Waals surface area contributed by atoms with Crippen LogP contribution in [0.3, 0.4) is 0 Å². The van der Waals surface area contributed by atoms with Crippen LogP contribution in [0.4, 0.5) is 4.39 Å². The van der Waals surface area contributed by atoms with Gasteiger partial charge in [0.1, 0.15) is 5.82 Å². The first-order chi connectivity index (χ1) is 9.04. The lowest BCUT2D eigenvalue weighted by Gasteiger charge is -2.20. The number of nitrogens with one attached hydrogen (secondary N) is 1. The van der Waals surface area contributed by atoms with Crippen molar-refractivity contribution < 1.29 is 4.39 Å². The first-order valence-corrected chi connectivity index (χ1v) is 7.73. The van der Waals surface area contributed by atoms with Gasteiger partial charge < -0.3 is 10.2 Å². The fraction of sp³-hybridized carbons (Fsp3) is 0.600. The number of hydrogen-bond acceptors (Lipinski definition) is 2. The molecule has 0 aromatic heterocycles. The Labute approximate surface area is 123 Å². The van der Waals surface area contributed by atoms with Crippen LogP contribution in [0.25, 0.3) is 0 Å². The van der Waals surface area contributed by atoms with Crippen molar-refractivity contribution in [1.82, 2.24) is 10.2 Å². The fourth-order valence-electron chi connectivity index (χ4n) is 2.63. The van der Waals surface area contributed by atoms with Gasteiger partial charge in [-0.2, -0.15) is 0 Å². The second-order valence-electron chi connectivity index (χ2n) is 5.65. The van der Waals surface area contributed by atoms with Gasteiger partial charge in [0.2, 0.25) is 0 Å². The van der Waals surface area contributed by atoms with Crippen molar-refractivity contribution in [1.29, 1.82) is 0 Å². The molecule has 2 rings (SSSR count). The van der Waals surface area contributed by atoms with Gasteiger partial charge in [0.25, 0.3) is 0 Å². The number of benzene rings is 1. The number of nitrogens with zero attached hydrogens (tertiary/aromatic N) is 1. The molecule has 4 heteroatoms. The van der Waals surface area contributed by atoms with Crippen LogP contribution < -0.4 is 5.32 Å². The summed E-state index contributed by atoms with van der Waals surface area (Å²) in [5, 5.41) is 3.44. The maximum atomic E-state index is 13.2. The largest absolute Gasteiger partial charge is 0.312 e. The standard InChI is InChI=1S/C15H22BrFN2/c1-11(2)19-4-3-12(10-19)8-18-9-13-5-14(16)7-15(17)6-13/h5-7,11-12,18H,3-4,8-10H2,1-2H3. The molecule has 1 fully saturated rings. The second-order valence-corrected chi connectivity index (χ2v) is 6.57. The summed E-state index contributed by atoms with van der Waals surface area (Å²) in [6, 6.07) is 5.68. The Balaban J connectivity index is 1.75.